The zero-order chi connectivity index (χ0) is 14.2. The maximum Gasteiger partial charge on any atom is 0.335 e. The van der Waals surface area contributed by atoms with Gasteiger partial charge in [-0.05, 0) is 24.6 Å². The van der Waals surface area contributed by atoms with E-state index in [0.29, 0.717) is 17.8 Å². The van der Waals surface area contributed by atoms with Gasteiger partial charge in [-0.1, -0.05) is 0 Å². The Kier molecular flexibility index (Phi) is 3.40. The van der Waals surface area contributed by atoms with Gasteiger partial charge >= 0.3 is 5.97 Å². The first kappa shape index (κ1) is 13.7. The van der Waals surface area contributed by atoms with Crippen LogP contribution in [0.25, 0.3) is 0 Å². The number of nitrogens with two attached hydrogens (primary N) is 1. The van der Waals surface area contributed by atoms with Crippen LogP contribution in [0.3, 0.4) is 0 Å². The standard InChI is InChI=1S/C12H16N2O4S/c1-14(9-4-5-19(17,18)7-9)11-6-8(12(15)16)2-3-10(11)13/h2-3,6,9H,4-5,7,13H2,1H3,(H,15,16). The van der Waals surface area contributed by atoms with E-state index in [1.807, 2.05) is 0 Å². The lowest BCUT2D eigenvalue weighted by Crippen LogP contribution is -2.33. The van der Waals surface area contributed by atoms with Crippen molar-refractivity contribution in [2.24, 2.45) is 0 Å². The summed E-state index contributed by atoms with van der Waals surface area (Å²) in [5, 5.41) is 8.98. The molecular weight excluding hydrogens is 268 g/mol. The van der Waals surface area contributed by atoms with Crippen molar-refractivity contribution >= 4 is 27.2 Å². The Morgan fingerprint density at radius 2 is 2.16 bits per heavy atom. The number of hydrogen-bond donors (Lipinski definition) is 2. The van der Waals surface area contributed by atoms with E-state index in [1.165, 1.54) is 18.2 Å². The highest BCUT2D eigenvalue weighted by Gasteiger charge is 2.31. The minimum Gasteiger partial charge on any atom is -0.478 e. The van der Waals surface area contributed by atoms with E-state index in [1.54, 1.807) is 11.9 Å². The molecule has 1 aliphatic heterocycles. The molecule has 1 saturated heterocycles. The number of aromatic carboxylic acids is 1. The highest BCUT2D eigenvalue weighted by molar-refractivity contribution is 7.91. The molecule has 1 aromatic rings. The molecule has 6 nitrogen and oxygen atoms in total. The minimum absolute atomic E-state index is 0.0836. The Bertz CT molecular complexity index is 612. The molecule has 1 aliphatic rings. The molecule has 19 heavy (non-hydrogen) atoms. The molecule has 2 rings (SSSR count). The van der Waals surface area contributed by atoms with Gasteiger partial charge in [0.25, 0.3) is 0 Å². The fraction of sp³-hybridized carbons (Fsp3) is 0.417. The van der Waals surface area contributed by atoms with Crippen LogP contribution in [0.2, 0.25) is 0 Å². The first-order valence-electron chi connectivity index (χ1n) is 5.86. The SMILES string of the molecule is CN(c1cc(C(=O)O)ccc1N)C1CCS(=O)(=O)C1. The third kappa shape index (κ3) is 2.81. The number of rotatable bonds is 3. The number of carbonyl (C=O) groups is 1. The van der Waals surface area contributed by atoms with Gasteiger partial charge in [-0.15, -0.1) is 0 Å². The van der Waals surface area contributed by atoms with Gasteiger partial charge in [-0.25, -0.2) is 13.2 Å². The quantitative estimate of drug-likeness (QED) is 0.788. The number of carboxylic acid groups (broad SMARTS) is 1. The van der Waals surface area contributed by atoms with Crippen molar-refractivity contribution in [2.45, 2.75) is 12.5 Å². The molecule has 0 aliphatic carbocycles. The van der Waals surface area contributed by atoms with E-state index in [-0.39, 0.29) is 23.1 Å². The number of anilines is 2. The van der Waals surface area contributed by atoms with Crippen molar-refractivity contribution < 1.29 is 18.3 Å². The fourth-order valence-corrected chi connectivity index (χ4v) is 4.03. The molecule has 7 heteroatoms. The van der Waals surface area contributed by atoms with Crippen LogP contribution in [0.4, 0.5) is 11.4 Å². The van der Waals surface area contributed by atoms with Crippen LogP contribution < -0.4 is 10.6 Å². The predicted molar refractivity (Wildman–Crippen MR) is 73.3 cm³/mol. The van der Waals surface area contributed by atoms with Crippen LogP contribution in [0, 0.1) is 0 Å². The summed E-state index contributed by atoms with van der Waals surface area (Å²) in [7, 11) is -1.25. The molecule has 0 spiro atoms. The average Bonchev–Trinajstić information content (AvgIpc) is 2.69. The highest BCUT2D eigenvalue weighted by atomic mass is 32.2. The van der Waals surface area contributed by atoms with E-state index in [4.69, 9.17) is 10.8 Å². The van der Waals surface area contributed by atoms with Gasteiger partial charge in [0.05, 0.1) is 28.4 Å². The number of nitrogens with zero attached hydrogens (tertiary/aromatic N) is 1. The van der Waals surface area contributed by atoms with Crippen LogP contribution >= 0.6 is 0 Å². The minimum atomic E-state index is -2.99. The second-order valence-electron chi connectivity index (χ2n) is 4.75. The van der Waals surface area contributed by atoms with Gasteiger partial charge in [0.15, 0.2) is 9.84 Å². The second kappa shape index (κ2) is 4.73. The van der Waals surface area contributed by atoms with Crippen LogP contribution in [0.1, 0.15) is 16.8 Å². The Balaban J connectivity index is 2.31. The summed E-state index contributed by atoms with van der Waals surface area (Å²) in [5.74, 6) is -0.783. The van der Waals surface area contributed by atoms with Gasteiger partial charge in [0.2, 0.25) is 0 Å². The van der Waals surface area contributed by atoms with Crippen molar-refractivity contribution in [3.05, 3.63) is 23.8 Å². The number of hydrogen-bond acceptors (Lipinski definition) is 5. The Hall–Kier alpha value is -1.76. The Morgan fingerprint density at radius 1 is 1.47 bits per heavy atom. The maximum absolute atomic E-state index is 11.5. The van der Waals surface area contributed by atoms with E-state index in [2.05, 4.69) is 0 Å². The second-order valence-corrected chi connectivity index (χ2v) is 6.98. The Morgan fingerprint density at radius 3 is 2.68 bits per heavy atom. The molecule has 1 unspecified atom stereocenters. The molecule has 1 aromatic carbocycles. The molecule has 1 atom stereocenters. The summed E-state index contributed by atoms with van der Waals surface area (Å²) in [6.45, 7) is 0. The lowest BCUT2D eigenvalue weighted by atomic mass is 10.1. The summed E-state index contributed by atoms with van der Waals surface area (Å²) in [6.07, 6.45) is 0.537. The normalized spacial score (nSPS) is 21.2. The molecule has 0 aromatic heterocycles. The van der Waals surface area contributed by atoms with Crippen molar-refractivity contribution in [2.75, 3.05) is 29.2 Å². The number of sulfone groups is 1. The topological polar surface area (TPSA) is 101 Å². The summed E-state index contributed by atoms with van der Waals surface area (Å²) < 4.78 is 23.0. The van der Waals surface area contributed by atoms with E-state index in [9.17, 15) is 13.2 Å². The van der Waals surface area contributed by atoms with Crippen molar-refractivity contribution in [1.29, 1.82) is 0 Å². The average molecular weight is 284 g/mol. The molecule has 0 saturated carbocycles. The van der Waals surface area contributed by atoms with E-state index < -0.39 is 15.8 Å². The van der Waals surface area contributed by atoms with Crippen LogP contribution in [0.5, 0.6) is 0 Å². The van der Waals surface area contributed by atoms with Crippen molar-refractivity contribution in [3.8, 4) is 0 Å². The predicted octanol–water partition coefficient (Wildman–Crippen LogP) is 0.590. The van der Waals surface area contributed by atoms with Crippen molar-refractivity contribution in [1.82, 2.24) is 0 Å². The summed E-state index contributed by atoms with van der Waals surface area (Å²) >= 11 is 0. The molecule has 104 valence electrons. The zero-order valence-corrected chi connectivity index (χ0v) is 11.4. The number of nitrogen functional groups attached to an aromatic ring is 1. The van der Waals surface area contributed by atoms with Gasteiger partial charge in [-0.2, -0.15) is 0 Å². The van der Waals surface area contributed by atoms with Gasteiger partial charge in [0.1, 0.15) is 0 Å². The van der Waals surface area contributed by atoms with Crippen LogP contribution in [-0.2, 0) is 9.84 Å². The van der Waals surface area contributed by atoms with Crippen LogP contribution in [0.15, 0.2) is 18.2 Å². The third-order valence-electron chi connectivity index (χ3n) is 3.41. The van der Waals surface area contributed by atoms with Gasteiger partial charge < -0.3 is 15.7 Å². The summed E-state index contributed by atoms with van der Waals surface area (Å²) in [4.78, 5) is 12.7. The van der Waals surface area contributed by atoms with Gasteiger partial charge in [-0.3, -0.25) is 0 Å². The zero-order valence-electron chi connectivity index (χ0n) is 10.5. The molecule has 0 amide bonds. The van der Waals surface area contributed by atoms with E-state index >= 15 is 0 Å². The molecule has 0 radical (unpaired) electrons. The number of carboxylic acids is 1. The molecular formula is C12H16N2O4S. The van der Waals surface area contributed by atoms with E-state index in [0.717, 1.165) is 0 Å². The third-order valence-corrected chi connectivity index (χ3v) is 5.16. The maximum atomic E-state index is 11.5. The van der Waals surface area contributed by atoms with Crippen molar-refractivity contribution in [3.63, 3.8) is 0 Å². The lowest BCUT2D eigenvalue weighted by Gasteiger charge is -2.27. The monoisotopic (exact) mass is 284 g/mol. The highest BCUT2D eigenvalue weighted by Crippen LogP contribution is 2.28. The molecule has 3 N–H and O–H groups in total. The summed E-state index contributed by atoms with van der Waals surface area (Å²) in [5.41, 5.74) is 6.98. The molecule has 1 fully saturated rings. The lowest BCUT2D eigenvalue weighted by molar-refractivity contribution is 0.0697. The van der Waals surface area contributed by atoms with Crippen LogP contribution in [-0.4, -0.2) is 44.1 Å². The first-order chi connectivity index (χ1) is 8.80. The molecule has 0 bridgehead atoms. The number of benzene rings is 1. The molecule has 1 heterocycles. The summed E-state index contributed by atoms with van der Waals surface area (Å²) in [6, 6.07) is 4.28. The largest absolute Gasteiger partial charge is 0.478 e. The van der Waals surface area contributed by atoms with Gasteiger partial charge in [0, 0.05) is 13.1 Å². The fourth-order valence-electron chi connectivity index (χ4n) is 2.26. The smallest absolute Gasteiger partial charge is 0.335 e. The Labute approximate surface area is 111 Å². The first-order valence-corrected chi connectivity index (χ1v) is 7.68.